The highest BCUT2D eigenvalue weighted by molar-refractivity contribution is 7.79. The first-order valence-electron chi connectivity index (χ1n) is 14.4. The van der Waals surface area contributed by atoms with Gasteiger partial charge in [-0.1, -0.05) is 31.5 Å². The van der Waals surface area contributed by atoms with E-state index in [-0.39, 0.29) is 13.5 Å². The van der Waals surface area contributed by atoms with Crippen molar-refractivity contribution in [2.45, 2.75) is 40.0 Å². The summed E-state index contributed by atoms with van der Waals surface area (Å²) < 4.78 is 43.4. The van der Waals surface area contributed by atoms with Crippen LogP contribution >= 0.6 is 0 Å². The van der Waals surface area contributed by atoms with Crippen LogP contribution in [0, 0.1) is 6.92 Å². The van der Waals surface area contributed by atoms with Crippen LogP contribution in [-0.4, -0.2) is 103 Å². The summed E-state index contributed by atoms with van der Waals surface area (Å²) in [6, 6.07) is 11.7. The molecule has 2 amide bonds. The second kappa shape index (κ2) is 16.4. The summed E-state index contributed by atoms with van der Waals surface area (Å²) in [6.07, 6.45) is 6.54. The van der Waals surface area contributed by atoms with Gasteiger partial charge in [0.1, 0.15) is 12.1 Å². The summed E-state index contributed by atoms with van der Waals surface area (Å²) in [4.78, 5) is 28.5. The van der Waals surface area contributed by atoms with Crippen molar-refractivity contribution in [1.82, 2.24) is 19.8 Å². The van der Waals surface area contributed by atoms with Crippen molar-refractivity contribution >= 4 is 38.8 Å². The summed E-state index contributed by atoms with van der Waals surface area (Å²) in [5, 5.41) is 3.91. The van der Waals surface area contributed by atoms with Crippen LogP contribution in [-0.2, 0) is 10.4 Å². The van der Waals surface area contributed by atoms with Gasteiger partial charge in [-0.3, -0.25) is 9.11 Å². The number of ether oxygens (including phenoxy) is 2. The Hall–Kier alpha value is -3.72. The molecule has 0 unspecified atom stereocenters. The van der Waals surface area contributed by atoms with E-state index in [0.717, 1.165) is 40.9 Å². The zero-order valence-corrected chi connectivity index (χ0v) is 25.4. The van der Waals surface area contributed by atoms with Gasteiger partial charge in [0.05, 0.1) is 19.2 Å². The molecule has 2 aliphatic heterocycles. The normalized spacial score (nSPS) is 15.5. The number of carbonyl (C=O) groups is 1. The molecule has 0 saturated carbocycles. The van der Waals surface area contributed by atoms with Crippen molar-refractivity contribution in [2.24, 2.45) is 0 Å². The Balaban J connectivity index is 0.000000817. The number of fused-ring (bicyclic) bond motifs is 1. The van der Waals surface area contributed by atoms with E-state index in [9.17, 15) is 4.79 Å². The lowest BCUT2D eigenvalue weighted by molar-refractivity contribution is 0.203. The van der Waals surface area contributed by atoms with Crippen molar-refractivity contribution in [3.8, 4) is 11.5 Å². The average molecular weight is 633 g/mol. The van der Waals surface area contributed by atoms with Gasteiger partial charge in [-0.15, -0.1) is 0 Å². The number of benzene rings is 2. The van der Waals surface area contributed by atoms with Crippen LogP contribution in [0.3, 0.4) is 0 Å². The van der Waals surface area contributed by atoms with E-state index in [1.54, 1.807) is 13.4 Å². The van der Waals surface area contributed by atoms with Gasteiger partial charge in [-0.2, -0.15) is 8.42 Å². The van der Waals surface area contributed by atoms with E-state index in [2.05, 4.69) is 25.1 Å². The Labute approximate surface area is 259 Å². The molecule has 0 bridgehead atoms. The lowest BCUT2D eigenvalue weighted by atomic mass is 10.1. The number of piperazine rings is 1. The molecule has 3 aromatic rings. The van der Waals surface area contributed by atoms with E-state index < -0.39 is 10.4 Å². The van der Waals surface area contributed by atoms with E-state index in [0.29, 0.717) is 44.3 Å². The molecule has 5 rings (SSSR count). The Morgan fingerprint density at radius 3 is 2.25 bits per heavy atom. The number of urea groups is 1. The number of anilines is 2. The molecule has 2 aromatic carbocycles. The zero-order chi connectivity index (χ0) is 30.8. The predicted molar refractivity (Wildman–Crippen MR) is 171 cm³/mol. The number of piperidine rings is 1. The van der Waals surface area contributed by atoms with Gasteiger partial charge in [-0.05, 0) is 57.5 Å². The zero-order valence-electron chi connectivity index (χ0n) is 24.6. The molecular weight excluding hydrogens is 588 g/mol. The van der Waals surface area contributed by atoms with Gasteiger partial charge < -0.3 is 29.5 Å². The summed E-state index contributed by atoms with van der Waals surface area (Å²) >= 11 is 0. The molecular formula is C30H44N6O7S. The van der Waals surface area contributed by atoms with Gasteiger partial charge in [0, 0.05) is 49.9 Å². The molecule has 3 N–H and O–H groups in total. The number of hydrogen-bond acceptors (Lipinski definition) is 9. The first kappa shape index (κ1) is 34.8. The van der Waals surface area contributed by atoms with Crippen LogP contribution in [0.25, 0.3) is 10.9 Å². The lowest BCUT2D eigenvalue weighted by Crippen LogP contribution is -2.50. The van der Waals surface area contributed by atoms with E-state index in [1.165, 1.54) is 32.4 Å². The van der Waals surface area contributed by atoms with Gasteiger partial charge in [0.15, 0.2) is 11.5 Å². The number of aromatic nitrogens is 2. The van der Waals surface area contributed by atoms with Crippen molar-refractivity contribution in [1.29, 1.82) is 0 Å². The number of rotatable bonds is 8. The molecule has 0 radical (unpaired) electrons. The van der Waals surface area contributed by atoms with Gasteiger partial charge >= 0.3 is 16.4 Å². The lowest BCUT2D eigenvalue weighted by Gasteiger charge is -2.35. The maximum absolute atomic E-state index is 12.8. The fourth-order valence-electron chi connectivity index (χ4n) is 5.19. The quantitative estimate of drug-likeness (QED) is 0.237. The fraction of sp³-hybridized carbons (Fsp3) is 0.500. The number of aryl methyl sites for hydroxylation is 1. The molecule has 0 spiro atoms. The number of nitrogens with one attached hydrogen (secondary N) is 1. The SMILES string of the molecule is C.COc1cc2c(N3CCN(C(=O)Nc4ccc(C)cc4)CC3)ncnc2cc1OCCCN1CCCCC1.O=S(=O)(O)O. The first-order valence-corrected chi connectivity index (χ1v) is 15.8. The first-order chi connectivity index (χ1) is 20.6. The van der Waals surface area contributed by atoms with E-state index in [4.69, 9.17) is 27.0 Å². The fourth-order valence-corrected chi connectivity index (χ4v) is 5.19. The van der Waals surface area contributed by atoms with Gasteiger partial charge in [0.2, 0.25) is 0 Å². The molecule has 3 heterocycles. The van der Waals surface area contributed by atoms with Crippen LogP contribution in [0.4, 0.5) is 16.3 Å². The third kappa shape index (κ3) is 10.5. The summed E-state index contributed by atoms with van der Waals surface area (Å²) in [5.74, 6) is 2.24. The highest BCUT2D eigenvalue weighted by atomic mass is 32.3. The van der Waals surface area contributed by atoms with Crippen molar-refractivity contribution < 1.29 is 31.8 Å². The Morgan fingerprint density at radius 2 is 1.61 bits per heavy atom. The Kier molecular flexibility index (Phi) is 12.9. The maximum Gasteiger partial charge on any atom is 0.394 e. The number of amides is 2. The van der Waals surface area contributed by atoms with Crippen molar-refractivity contribution in [3.05, 3.63) is 48.3 Å². The topological polar surface area (TPSA) is 158 Å². The smallest absolute Gasteiger partial charge is 0.394 e. The maximum atomic E-state index is 12.8. The predicted octanol–water partition coefficient (Wildman–Crippen LogP) is 4.54. The molecule has 44 heavy (non-hydrogen) atoms. The number of hydrogen-bond donors (Lipinski definition) is 3. The highest BCUT2D eigenvalue weighted by Crippen LogP contribution is 2.35. The second-order valence-corrected chi connectivity index (χ2v) is 11.4. The summed E-state index contributed by atoms with van der Waals surface area (Å²) in [6.45, 7) is 8.73. The monoisotopic (exact) mass is 632 g/mol. The minimum Gasteiger partial charge on any atom is -0.493 e. The van der Waals surface area contributed by atoms with Gasteiger partial charge in [0.25, 0.3) is 0 Å². The van der Waals surface area contributed by atoms with Crippen molar-refractivity contribution in [3.63, 3.8) is 0 Å². The molecule has 1 aromatic heterocycles. The molecule has 242 valence electrons. The van der Waals surface area contributed by atoms with E-state index in [1.807, 2.05) is 48.2 Å². The minimum atomic E-state index is -4.67. The number of carbonyl (C=O) groups excluding carboxylic acids is 1. The van der Waals surface area contributed by atoms with Crippen molar-refractivity contribution in [2.75, 3.05) is 69.7 Å². The molecule has 2 fully saturated rings. The number of methoxy groups -OCH3 is 1. The van der Waals surface area contributed by atoms with Gasteiger partial charge in [-0.25, -0.2) is 14.8 Å². The Bertz CT molecular complexity index is 1450. The third-order valence-electron chi connectivity index (χ3n) is 7.39. The van der Waals surface area contributed by atoms with Crippen LogP contribution in [0.5, 0.6) is 11.5 Å². The molecule has 14 heteroatoms. The van der Waals surface area contributed by atoms with Crippen LogP contribution < -0.4 is 19.7 Å². The van der Waals surface area contributed by atoms with Crippen LogP contribution in [0.2, 0.25) is 0 Å². The Morgan fingerprint density at radius 1 is 0.955 bits per heavy atom. The number of nitrogens with zero attached hydrogens (tertiary/aromatic N) is 5. The molecule has 0 aliphatic carbocycles. The van der Waals surface area contributed by atoms with Crippen LogP contribution in [0.1, 0.15) is 38.7 Å². The summed E-state index contributed by atoms with van der Waals surface area (Å²) in [7, 11) is -3.00. The molecule has 0 atom stereocenters. The average Bonchev–Trinajstić information content (AvgIpc) is 2.99. The standard InChI is InChI=1S/C29H38N6O3.CH4.H2O4S/c1-22-7-9-23(10-8-22)32-29(36)35-16-14-34(15-17-35)28-24-19-26(37-2)27(20-25(24)30-21-31-28)38-18-6-13-33-11-4-3-5-12-33;;1-5(2,3)4/h7-10,19-21H,3-6,11-18H2,1-2H3,(H,32,36);1H4;(H2,1,2,3,4). The molecule has 2 aliphatic rings. The molecule has 2 saturated heterocycles. The largest absolute Gasteiger partial charge is 0.493 e. The van der Waals surface area contributed by atoms with Crippen LogP contribution in [0.15, 0.2) is 42.7 Å². The summed E-state index contributed by atoms with van der Waals surface area (Å²) in [5.41, 5.74) is 2.79. The third-order valence-corrected chi connectivity index (χ3v) is 7.39. The minimum absolute atomic E-state index is 0. The highest BCUT2D eigenvalue weighted by Gasteiger charge is 2.24. The molecule has 13 nitrogen and oxygen atoms in total. The van der Waals surface area contributed by atoms with E-state index >= 15 is 0 Å². The number of likely N-dealkylation sites (tertiary alicyclic amines) is 1. The second-order valence-electron chi connectivity index (χ2n) is 10.5.